The number of rotatable bonds is 6. The van der Waals surface area contributed by atoms with E-state index in [1.54, 1.807) is 22.2 Å². The highest BCUT2D eigenvalue weighted by atomic mass is 32.1. The smallest absolute Gasteiger partial charge is 0.262 e. The second kappa shape index (κ2) is 5.66. The summed E-state index contributed by atoms with van der Waals surface area (Å²) in [6, 6.07) is 0.771. The quantitative estimate of drug-likeness (QED) is 0.832. The molecule has 4 nitrogen and oxygen atoms in total. The molecule has 1 N–H and O–H groups in total. The van der Waals surface area contributed by atoms with E-state index in [4.69, 9.17) is 0 Å². The van der Waals surface area contributed by atoms with E-state index in [-0.39, 0.29) is 5.56 Å². The minimum atomic E-state index is 0.118. The summed E-state index contributed by atoms with van der Waals surface area (Å²) in [5.74, 6) is 0. The van der Waals surface area contributed by atoms with Crippen LogP contribution in [0.3, 0.4) is 0 Å². The third kappa shape index (κ3) is 2.79. The Kier molecular flexibility index (Phi) is 3.89. The van der Waals surface area contributed by atoms with E-state index >= 15 is 0 Å². The highest BCUT2D eigenvalue weighted by molar-refractivity contribution is 7.18. The lowest BCUT2D eigenvalue weighted by Crippen LogP contribution is -2.22. The van der Waals surface area contributed by atoms with Crippen molar-refractivity contribution >= 4 is 21.6 Å². The van der Waals surface area contributed by atoms with Crippen LogP contribution in [0.1, 0.15) is 36.1 Å². The first-order valence-electron chi connectivity index (χ1n) is 7.35. The summed E-state index contributed by atoms with van der Waals surface area (Å²) >= 11 is 1.61. The number of aryl methyl sites for hydroxylation is 3. The van der Waals surface area contributed by atoms with Crippen LogP contribution in [0.15, 0.2) is 11.1 Å². The van der Waals surface area contributed by atoms with Crippen LogP contribution < -0.4 is 10.9 Å². The van der Waals surface area contributed by atoms with E-state index in [9.17, 15) is 4.79 Å². The Balaban J connectivity index is 1.66. The van der Waals surface area contributed by atoms with Crippen LogP contribution in [0.5, 0.6) is 0 Å². The Morgan fingerprint density at radius 1 is 1.40 bits per heavy atom. The molecule has 108 valence electrons. The number of hydrogen-bond acceptors (Lipinski definition) is 4. The minimum absolute atomic E-state index is 0.118. The maximum atomic E-state index is 12.5. The van der Waals surface area contributed by atoms with Gasteiger partial charge in [-0.05, 0) is 51.6 Å². The fourth-order valence-corrected chi connectivity index (χ4v) is 3.42. The monoisotopic (exact) mass is 291 g/mol. The molecule has 20 heavy (non-hydrogen) atoms. The minimum Gasteiger partial charge on any atom is -0.314 e. The Morgan fingerprint density at radius 3 is 2.95 bits per heavy atom. The SMILES string of the molecule is Cc1sc2ncn(CCCCNC3CC3)c(=O)c2c1C. The van der Waals surface area contributed by atoms with Gasteiger partial charge < -0.3 is 5.32 Å². The van der Waals surface area contributed by atoms with Crippen molar-refractivity contribution in [3.05, 3.63) is 27.1 Å². The first-order chi connectivity index (χ1) is 9.66. The number of aromatic nitrogens is 2. The Hall–Kier alpha value is -1.20. The predicted octanol–water partition coefficient (Wildman–Crippen LogP) is 2.61. The molecule has 0 amide bonds. The lowest BCUT2D eigenvalue weighted by Gasteiger charge is -2.06. The third-order valence-corrected chi connectivity index (χ3v) is 5.11. The summed E-state index contributed by atoms with van der Waals surface area (Å²) in [6.45, 7) is 5.89. The standard InChI is InChI=1S/C15H21N3OS/c1-10-11(2)20-14-13(10)15(19)18(9-17-14)8-4-3-7-16-12-5-6-12/h9,12,16H,3-8H2,1-2H3. The topological polar surface area (TPSA) is 46.9 Å². The van der Waals surface area contributed by atoms with Gasteiger partial charge in [-0.3, -0.25) is 9.36 Å². The molecule has 1 saturated carbocycles. The van der Waals surface area contributed by atoms with Crippen LogP contribution in [-0.4, -0.2) is 22.1 Å². The van der Waals surface area contributed by atoms with Crippen LogP contribution in [-0.2, 0) is 6.54 Å². The van der Waals surface area contributed by atoms with E-state index in [1.165, 1.54) is 17.7 Å². The van der Waals surface area contributed by atoms with E-state index in [2.05, 4.69) is 17.2 Å². The summed E-state index contributed by atoms with van der Waals surface area (Å²) in [7, 11) is 0. The van der Waals surface area contributed by atoms with Gasteiger partial charge in [-0.1, -0.05) is 0 Å². The van der Waals surface area contributed by atoms with Gasteiger partial charge in [0, 0.05) is 17.5 Å². The van der Waals surface area contributed by atoms with Gasteiger partial charge in [0.25, 0.3) is 5.56 Å². The molecule has 2 heterocycles. The average molecular weight is 291 g/mol. The van der Waals surface area contributed by atoms with Gasteiger partial charge in [0.1, 0.15) is 4.83 Å². The molecular weight excluding hydrogens is 270 g/mol. The summed E-state index contributed by atoms with van der Waals surface area (Å²) in [4.78, 5) is 18.9. The fraction of sp³-hybridized carbons (Fsp3) is 0.600. The first kappa shape index (κ1) is 13.8. The van der Waals surface area contributed by atoms with Crippen LogP contribution in [0.4, 0.5) is 0 Å². The number of nitrogens with zero attached hydrogens (tertiary/aromatic N) is 2. The van der Waals surface area contributed by atoms with Crippen LogP contribution in [0.2, 0.25) is 0 Å². The molecule has 1 aliphatic carbocycles. The summed E-state index contributed by atoms with van der Waals surface area (Å²) in [5, 5.41) is 4.31. The zero-order valence-electron chi connectivity index (χ0n) is 12.1. The Morgan fingerprint density at radius 2 is 2.20 bits per heavy atom. The average Bonchev–Trinajstić information content (AvgIpc) is 3.19. The van der Waals surface area contributed by atoms with Crippen molar-refractivity contribution in [3.8, 4) is 0 Å². The number of fused-ring (bicyclic) bond motifs is 1. The van der Waals surface area contributed by atoms with Crippen LogP contribution in [0, 0.1) is 13.8 Å². The van der Waals surface area contributed by atoms with Gasteiger partial charge in [-0.15, -0.1) is 11.3 Å². The maximum absolute atomic E-state index is 12.5. The molecule has 1 aliphatic rings. The maximum Gasteiger partial charge on any atom is 0.262 e. The summed E-state index contributed by atoms with van der Waals surface area (Å²) in [5.41, 5.74) is 1.21. The number of thiophene rings is 1. The molecule has 2 aromatic rings. The van der Waals surface area contributed by atoms with Crippen LogP contribution in [0.25, 0.3) is 10.2 Å². The van der Waals surface area contributed by atoms with E-state index < -0.39 is 0 Å². The first-order valence-corrected chi connectivity index (χ1v) is 8.17. The molecule has 0 saturated heterocycles. The van der Waals surface area contributed by atoms with Gasteiger partial charge in [0.2, 0.25) is 0 Å². The Bertz CT molecular complexity index is 670. The Labute approximate surface area is 122 Å². The zero-order valence-corrected chi connectivity index (χ0v) is 12.9. The van der Waals surface area contributed by atoms with Gasteiger partial charge in [0.05, 0.1) is 11.7 Å². The normalized spacial score (nSPS) is 15.1. The molecule has 0 unspecified atom stereocenters. The number of unbranched alkanes of at least 4 members (excludes halogenated alkanes) is 1. The molecule has 0 atom stereocenters. The van der Waals surface area contributed by atoms with Crippen LogP contribution >= 0.6 is 11.3 Å². The second-order valence-electron chi connectivity index (χ2n) is 5.64. The molecule has 5 heteroatoms. The molecule has 0 radical (unpaired) electrons. The molecule has 0 bridgehead atoms. The van der Waals surface area contributed by atoms with Crippen molar-refractivity contribution < 1.29 is 0 Å². The fourth-order valence-electron chi connectivity index (χ4n) is 2.43. The van der Waals surface area contributed by atoms with E-state index in [0.29, 0.717) is 0 Å². The van der Waals surface area contributed by atoms with Crippen molar-refractivity contribution in [3.63, 3.8) is 0 Å². The lowest BCUT2D eigenvalue weighted by molar-refractivity contribution is 0.556. The van der Waals surface area contributed by atoms with Gasteiger partial charge in [-0.2, -0.15) is 0 Å². The summed E-state index contributed by atoms with van der Waals surface area (Å²) in [6.07, 6.45) is 6.50. The largest absolute Gasteiger partial charge is 0.314 e. The van der Waals surface area contributed by atoms with Crippen molar-refractivity contribution in [1.29, 1.82) is 0 Å². The zero-order chi connectivity index (χ0) is 14.1. The van der Waals surface area contributed by atoms with E-state index in [0.717, 1.165) is 47.8 Å². The molecular formula is C15H21N3OS. The highest BCUT2D eigenvalue weighted by Crippen LogP contribution is 2.25. The lowest BCUT2D eigenvalue weighted by atomic mass is 10.2. The van der Waals surface area contributed by atoms with E-state index in [1.807, 2.05) is 6.92 Å². The molecule has 2 aromatic heterocycles. The summed E-state index contributed by atoms with van der Waals surface area (Å²) < 4.78 is 1.76. The third-order valence-electron chi connectivity index (χ3n) is 3.99. The van der Waals surface area contributed by atoms with Gasteiger partial charge in [0.15, 0.2) is 0 Å². The van der Waals surface area contributed by atoms with Crippen molar-refractivity contribution in [1.82, 2.24) is 14.9 Å². The highest BCUT2D eigenvalue weighted by Gasteiger charge is 2.19. The predicted molar refractivity (Wildman–Crippen MR) is 83.6 cm³/mol. The van der Waals surface area contributed by atoms with Gasteiger partial charge in [-0.25, -0.2) is 4.98 Å². The molecule has 0 aromatic carbocycles. The van der Waals surface area contributed by atoms with Crippen molar-refractivity contribution in [2.75, 3.05) is 6.54 Å². The molecule has 0 aliphatic heterocycles. The molecule has 0 spiro atoms. The number of hydrogen-bond donors (Lipinski definition) is 1. The number of nitrogens with one attached hydrogen (secondary N) is 1. The second-order valence-corrected chi connectivity index (χ2v) is 6.85. The van der Waals surface area contributed by atoms with Crippen molar-refractivity contribution in [2.24, 2.45) is 0 Å². The molecule has 1 fully saturated rings. The van der Waals surface area contributed by atoms with Gasteiger partial charge >= 0.3 is 0 Å². The molecule has 3 rings (SSSR count). The van der Waals surface area contributed by atoms with Crippen molar-refractivity contribution in [2.45, 2.75) is 52.1 Å².